The Morgan fingerprint density at radius 1 is 1.00 bits per heavy atom. The Bertz CT molecular complexity index is 880. The number of para-hydroxylation sites is 2. The third kappa shape index (κ3) is 4.20. The van der Waals surface area contributed by atoms with Gasteiger partial charge in [0.05, 0.1) is 12.8 Å². The molecule has 1 aromatic heterocycles. The highest BCUT2D eigenvalue weighted by molar-refractivity contribution is 5.78. The third-order valence-corrected chi connectivity index (χ3v) is 6.00. The maximum absolute atomic E-state index is 12.7. The molecule has 2 aliphatic heterocycles. The van der Waals surface area contributed by atoms with Crippen LogP contribution in [0.5, 0.6) is 11.5 Å². The average molecular weight is 411 g/mol. The number of likely N-dealkylation sites (tertiary alicyclic amines) is 1. The summed E-state index contributed by atoms with van der Waals surface area (Å²) < 4.78 is 11.0. The van der Waals surface area contributed by atoms with Crippen LogP contribution in [-0.4, -0.2) is 60.9 Å². The molecule has 2 atom stereocenters. The molecule has 7 heteroatoms. The number of rotatable bonds is 5. The van der Waals surface area contributed by atoms with Crippen LogP contribution in [0, 0.1) is 11.8 Å². The fourth-order valence-corrected chi connectivity index (χ4v) is 4.25. The summed E-state index contributed by atoms with van der Waals surface area (Å²) in [6, 6.07) is 11.5. The van der Waals surface area contributed by atoms with Crippen molar-refractivity contribution in [3.63, 3.8) is 0 Å². The highest BCUT2D eigenvalue weighted by atomic mass is 16.5. The number of hydrogen-bond acceptors (Lipinski definition) is 6. The predicted molar refractivity (Wildman–Crippen MR) is 115 cm³/mol. The number of hydrogen-bond donors (Lipinski definition) is 0. The zero-order valence-corrected chi connectivity index (χ0v) is 18.2. The number of amides is 1. The van der Waals surface area contributed by atoms with Crippen molar-refractivity contribution in [2.45, 2.75) is 26.2 Å². The summed E-state index contributed by atoms with van der Waals surface area (Å²) in [4.78, 5) is 16.9. The average Bonchev–Trinajstić information content (AvgIpc) is 3.31. The minimum atomic E-state index is -0.000249. The number of ether oxygens (including phenoxy) is 2. The zero-order chi connectivity index (χ0) is 21.3. The molecule has 2 unspecified atom stereocenters. The Labute approximate surface area is 178 Å². The van der Waals surface area contributed by atoms with E-state index >= 15 is 0 Å². The van der Waals surface area contributed by atoms with Gasteiger partial charge < -0.3 is 19.3 Å². The van der Waals surface area contributed by atoms with E-state index in [-0.39, 0.29) is 17.9 Å². The fourth-order valence-electron chi connectivity index (χ4n) is 4.25. The van der Waals surface area contributed by atoms with E-state index in [0.717, 1.165) is 37.7 Å². The van der Waals surface area contributed by atoms with Gasteiger partial charge in [0, 0.05) is 43.4 Å². The molecular weight excluding hydrogens is 380 g/mol. The van der Waals surface area contributed by atoms with E-state index in [1.54, 1.807) is 7.11 Å². The second kappa shape index (κ2) is 8.13. The molecule has 3 heterocycles. The molecule has 0 spiro atoms. The molecule has 2 aliphatic rings. The molecule has 2 aromatic rings. The number of fused-ring (bicyclic) bond motifs is 1. The molecular formula is C23H30N4O3. The Kier molecular flexibility index (Phi) is 5.54. The van der Waals surface area contributed by atoms with Crippen molar-refractivity contribution in [3.8, 4) is 11.5 Å². The second-order valence-electron chi connectivity index (χ2n) is 9.19. The fraction of sp³-hybridized carbons (Fsp3) is 0.522. The van der Waals surface area contributed by atoms with Gasteiger partial charge in [0.25, 0.3) is 5.91 Å². The van der Waals surface area contributed by atoms with E-state index in [0.29, 0.717) is 23.3 Å². The second-order valence-corrected chi connectivity index (χ2v) is 9.19. The monoisotopic (exact) mass is 410 g/mol. The Balaban J connectivity index is 1.30. The predicted octanol–water partition coefficient (Wildman–Crippen LogP) is 2.76. The molecule has 0 aliphatic carbocycles. The summed E-state index contributed by atoms with van der Waals surface area (Å²) >= 11 is 0. The van der Waals surface area contributed by atoms with Crippen molar-refractivity contribution in [2.75, 3.05) is 44.8 Å². The van der Waals surface area contributed by atoms with Crippen LogP contribution in [0.3, 0.4) is 0 Å². The summed E-state index contributed by atoms with van der Waals surface area (Å²) in [6.45, 7) is 9.80. The van der Waals surface area contributed by atoms with E-state index in [9.17, 15) is 4.79 Å². The van der Waals surface area contributed by atoms with Crippen LogP contribution in [0.2, 0.25) is 0 Å². The van der Waals surface area contributed by atoms with Crippen molar-refractivity contribution < 1.29 is 14.3 Å². The van der Waals surface area contributed by atoms with Gasteiger partial charge in [0.1, 0.15) is 0 Å². The lowest BCUT2D eigenvalue weighted by Crippen LogP contribution is -2.36. The molecule has 2 fully saturated rings. The van der Waals surface area contributed by atoms with Crippen LogP contribution in [-0.2, 0) is 10.2 Å². The van der Waals surface area contributed by atoms with E-state index in [1.807, 2.05) is 29.2 Å². The van der Waals surface area contributed by atoms with Gasteiger partial charge in [0.2, 0.25) is 0 Å². The molecule has 160 valence electrons. The van der Waals surface area contributed by atoms with Gasteiger partial charge in [-0.2, -0.15) is 5.10 Å². The molecule has 4 rings (SSSR count). The molecule has 0 saturated carbocycles. The molecule has 0 bridgehead atoms. The highest BCUT2D eigenvalue weighted by Crippen LogP contribution is 2.34. The van der Waals surface area contributed by atoms with Gasteiger partial charge in [-0.05, 0) is 24.3 Å². The molecule has 1 amide bonds. The van der Waals surface area contributed by atoms with Crippen molar-refractivity contribution >= 4 is 11.7 Å². The van der Waals surface area contributed by atoms with Crippen molar-refractivity contribution in [2.24, 2.45) is 11.8 Å². The minimum absolute atomic E-state index is 0.000249. The van der Waals surface area contributed by atoms with Gasteiger partial charge in [-0.1, -0.05) is 32.9 Å². The van der Waals surface area contributed by atoms with Crippen LogP contribution >= 0.6 is 0 Å². The first kappa shape index (κ1) is 20.4. The SMILES string of the molecule is COc1ccccc1OCC(=O)N1CC2CN(c3ccc(C(C)(C)C)nn3)CC2C1. The zero-order valence-electron chi connectivity index (χ0n) is 18.2. The number of carbonyl (C=O) groups excluding carboxylic acids is 1. The Morgan fingerprint density at radius 3 is 2.23 bits per heavy atom. The van der Waals surface area contributed by atoms with Crippen molar-refractivity contribution in [1.82, 2.24) is 15.1 Å². The van der Waals surface area contributed by atoms with Crippen LogP contribution in [0.4, 0.5) is 5.82 Å². The van der Waals surface area contributed by atoms with Crippen molar-refractivity contribution in [1.29, 1.82) is 0 Å². The smallest absolute Gasteiger partial charge is 0.260 e. The minimum Gasteiger partial charge on any atom is -0.493 e. The Hall–Kier alpha value is -2.83. The largest absolute Gasteiger partial charge is 0.493 e. The lowest BCUT2D eigenvalue weighted by Gasteiger charge is -2.23. The van der Waals surface area contributed by atoms with Gasteiger partial charge in [-0.15, -0.1) is 5.10 Å². The first-order valence-corrected chi connectivity index (χ1v) is 10.5. The summed E-state index contributed by atoms with van der Waals surface area (Å²) in [5.74, 6) is 3.11. The Morgan fingerprint density at radius 2 is 1.67 bits per heavy atom. The molecule has 2 saturated heterocycles. The molecule has 1 aromatic carbocycles. The summed E-state index contributed by atoms with van der Waals surface area (Å²) in [5.41, 5.74) is 0.997. The van der Waals surface area contributed by atoms with E-state index in [1.165, 1.54) is 0 Å². The van der Waals surface area contributed by atoms with Gasteiger partial charge >= 0.3 is 0 Å². The number of benzene rings is 1. The standard InChI is InChI=1S/C23H30N4O3/c1-23(2,3)20-9-10-21(25-24-20)26-11-16-13-27(14-17(16)12-26)22(28)15-30-19-8-6-5-7-18(19)29-4/h5-10,16-17H,11-15H2,1-4H3. The lowest BCUT2D eigenvalue weighted by molar-refractivity contribution is -0.132. The molecule has 0 radical (unpaired) electrons. The molecule has 7 nitrogen and oxygen atoms in total. The van der Waals surface area contributed by atoms with Gasteiger partial charge in [-0.25, -0.2) is 0 Å². The van der Waals surface area contributed by atoms with Crippen LogP contribution in [0.25, 0.3) is 0 Å². The number of methoxy groups -OCH3 is 1. The summed E-state index contributed by atoms with van der Waals surface area (Å²) in [7, 11) is 1.60. The van der Waals surface area contributed by atoms with Crippen molar-refractivity contribution in [3.05, 3.63) is 42.1 Å². The number of nitrogens with zero attached hydrogens (tertiary/aromatic N) is 4. The van der Waals surface area contributed by atoms with Gasteiger partial charge in [0.15, 0.2) is 23.9 Å². The summed E-state index contributed by atoms with van der Waals surface area (Å²) in [6.07, 6.45) is 0. The van der Waals surface area contributed by atoms with Crippen LogP contribution in [0.15, 0.2) is 36.4 Å². The first-order valence-electron chi connectivity index (χ1n) is 10.5. The third-order valence-electron chi connectivity index (χ3n) is 6.00. The topological polar surface area (TPSA) is 67.8 Å². The van der Waals surface area contributed by atoms with E-state index in [4.69, 9.17) is 9.47 Å². The van der Waals surface area contributed by atoms with Gasteiger partial charge in [-0.3, -0.25) is 4.79 Å². The van der Waals surface area contributed by atoms with E-state index < -0.39 is 0 Å². The number of anilines is 1. The number of aromatic nitrogens is 2. The maximum atomic E-state index is 12.7. The summed E-state index contributed by atoms with van der Waals surface area (Å²) in [5, 5.41) is 8.87. The van der Waals surface area contributed by atoms with E-state index in [2.05, 4.69) is 48.0 Å². The number of carbonyl (C=O) groups is 1. The first-order chi connectivity index (χ1) is 14.3. The normalized spacial score (nSPS) is 20.9. The maximum Gasteiger partial charge on any atom is 0.260 e. The van der Waals surface area contributed by atoms with Crippen LogP contribution < -0.4 is 14.4 Å². The molecule has 30 heavy (non-hydrogen) atoms. The molecule has 0 N–H and O–H groups in total. The highest BCUT2D eigenvalue weighted by Gasteiger charge is 2.42. The lowest BCUT2D eigenvalue weighted by atomic mass is 9.92. The quantitative estimate of drug-likeness (QED) is 0.755. The van der Waals surface area contributed by atoms with Crippen LogP contribution in [0.1, 0.15) is 26.5 Å².